The summed E-state index contributed by atoms with van der Waals surface area (Å²) in [6, 6.07) is 11.2. The molecule has 0 aliphatic rings. The van der Waals surface area contributed by atoms with Gasteiger partial charge in [-0.25, -0.2) is 9.37 Å². The Balaban J connectivity index is 1.54. The molecular weight excluding hydrogens is 474 g/mol. The van der Waals surface area contributed by atoms with Crippen LogP contribution in [0.3, 0.4) is 0 Å². The topological polar surface area (TPSA) is 73.8 Å². The predicted molar refractivity (Wildman–Crippen MR) is 123 cm³/mol. The molecule has 160 valence electrons. The van der Waals surface area contributed by atoms with Crippen molar-refractivity contribution in [3.8, 4) is 22.2 Å². The van der Waals surface area contributed by atoms with Crippen molar-refractivity contribution < 1.29 is 8.91 Å². The van der Waals surface area contributed by atoms with E-state index in [-0.39, 0.29) is 17.1 Å². The van der Waals surface area contributed by atoms with Gasteiger partial charge in [0.05, 0.1) is 23.1 Å². The van der Waals surface area contributed by atoms with Crippen molar-refractivity contribution in [2.45, 2.75) is 13.5 Å². The lowest BCUT2D eigenvalue weighted by Gasteiger charge is -2.07. The van der Waals surface area contributed by atoms with Crippen molar-refractivity contribution in [1.29, 1.82) is 0 Å². The number of aromatic nitrogens is 4. The molecule has 0 atom stereocenters. The van der Waals surface area contributed by atoms with Crippen LogP contribution in [-0.2, 0) is 6.54 Å². The summed E-state index contributed by atoms with van der Waals surface area (Å²) in [6.07, 6.45) is 1.46. The maximum absolute atomic E-state index is 13.3. The summed E-state index contributed by atoms with van der Waals surface area (Å²) >= 11 is 13.4. The van der Waals surface area contributed by atoms with E-state index in [1.54, 1.807) is 30.3 Å². The zero-order valence-electron chi connectivity index (χ0n) is 16.5. The maximum Gasteiger partial charge on any atom is 0.268 e. The highest BCUT2D eigenvalue weighted by Gasteiger charge is 2.21. The Kier molecular flexibility index (Phi) is 5.28. The first-order valence-corrected chi connectivity index (χ1v) is 11.0. The second-order valence-corrected chi connectivity index (χ2v) is 8.92. The third kappa shape index (κ3) is 3.70. The number of aryl methyl sites for hydroxylation is 1. The van der Waals surface area contributed by atoms with Crippen molar-refractivity contribution in [3.05, 3.63) is 86.1 Å². The molecule has 5 aromatic rings. The Labute approximate surface area is 194 Å². The highest BCUT2D eigenvalue weighted by Crippen LogP contribution is 2.35. The molecule has 0 fully saturated rings. The zero-order valence-corrected chi connectivity index (χ0v) is 18.8. The number of nitrogens with zero attached hydrogens (tertiary/aromatic N) is 4. The molecule has 0 bridgehead atoms. The van der Waals surface area contributed by atoms with Crippen LogP contribution in [0.4, 0.5) is 4.39 Å². The average Bonchev–Trinajstić information content (AvgIpc) is 3.37. The third-order valence-corrected chi connectivity index (χ3v) is 6.79. The standard InChI is InChI=1S/C22H13Cl2FN4O2S/c1-11-17-21(26-10-29(22(17)30)9-13-4-7-15(25)8-16(13)24)32-18(11)20-27-19(28-31-20)12-2-5-14(23)6-3-12/h2-8,10H,9H2,1H3. The van der Waals surface area contributed by atoms with Crippen LogP contribution in [0.5, 0.6) is 0 Å². The summed E-state index contributed by atoms with van der Waals surface area (Å²) < 4.78 is 20.2. The first-order valence-electron chi connectivity index (χ1n) is 9.43. The van der Waals surface area contributed by atoms with Gasteiger partial charge in [-0.1, -0.05) is 34.4 Å². The van der Waals surface area contributed by atoms with E-state index >= 15 is 0 Å². The first-order chi connectivity index (χ1) is 15.4. The van der Waals surface area contributed by atoms with Crippen molar-refractivity contribution >= 4 is 44.8 Å². The first kappa shape index (κ1) is 20.8. The summed E-state index contributed by atoms with van der Waals surface area (Å²) in [4.78, 5) is 23.3. The lowest BCUT2D eigenvalue weighted by molar-refractivity contribution is 0.433. The Morgan fingerprint density at radius 1 is 1.16 bits per heavy atom. The van der Waals surface area contributed by atoms with Crippen molar-refractivity contribution in [3.63, 3.8) is 0 Å². The molecule has 0 aliphatic carbocycles. The summed E-state index contributed by atoms with van der Waals surface area (Å²) in [5, 5.41) is 5.38. The summed E-state index contributed by atoms with van der Waals surface area (Å²) in [5.74, 6) is 0.295. The molecule has 32 heavy (non-hydrogen) atoms. The van der Waals surface area contributed by atoms with E-state index < -0.39 is 5.82 Å². The largest absolute Gasteiger partial charge is 0.333 e. The Bertz CT molecular complexity index is 1530. The predicted octanol–water partition coefficient (Wildman–Crippen LogP) is 5.98. The van der Waals surface area contributed by atoms with Crippen LogP contribution in [0.25, 0.3) is 32.4 Å². The van der Waals surface area contributed by atoms with Gasteiger partial charge in [-0.15, -0.1) is 11.3 Å². The van der Waals surface area contributed by atoms with Gasteiger partial charge in [0.1, 0.15) is 10.6 Å². The summed E-state index contributed by atoms with van der Waals surface area (Å²) in [6.45, 7) is 1.99. The molecule has 0 amide bonds. The fourth-order valence-electron chi connectivity index (χ4n) is 3.34. The Morgan fingerprint density at radius 2 is 1.94 bits per heavy atom. The molecule has 3 heterocycles. The summed E-state index contributed by atoms with van der Waals surface area (Å²) in [7, 11) is 0. The van der Waals surface area contributed by atoms with Crippen LogP contribution in [0.15, 0.2) is 58.1 Å². The molecule has 3 aromatic heterocycles. The van der Waals surface area contributed by atoms with Gasteiger partial charge in [0.25, 0.3) is 11.4 Å². The molecule has 2 aromatic carbocycles. The van der Waals surface area contributed by atoms with Crippen molar-refractivity contribution in [1.82, 2.24) is 19.7 Å². The van der Waals surface area contributed by atoms with E-state index in [9.17, 15) is 9.18 Å². The molecule has 0 unspecified atom stereocenters. The van der Waals surface area contributed by atoms with Crippen LogP contribution in [-0.4, -0.2) is 19.7 Å². The minimum atomic E-state index is -0.435. The number of hydrogen-bond acceptors (Lipinski definition) is 6. The second-order valence-electron chi connectivity index (χ2n) is 7.08. The number of thiophene rings is 1. The molecule has 0 spiro atoms. The quantitative estimate of drug-likeness (QED) is 0.312. The van der Waals surface area contributed by atoms with E-state index in [2.05, 4.69) is 15.1 Å². The van der Waals surface area contributed by atoms with Gasteiger partial charge < -0.3 is 4.52 Å². The Hall–Kier alpha value is -3.07. The molecule has 10 heteroatoms. The van der Waals surface area contributed by atoms with Gasteiger partial charge in [0.15, 0.2) is 0 Å². The van der Waals surface area contributed by atoms with E-state index in [0.717, 1.165) is 5.56 Å². The number of rotatable bonds is 4. The second kappa shape index (κ2) is 8.12. The number of hydrogen-bond donors (Lipinski definition) is 0. The van der Waals surface area contributed by atoms with Gasteiger partial charge in [-0.3, -0.25) is 9.36 Å². The van der Waals surface area contributed by atoms with Crippen LogP contribution in [0.1, 0.15) is 11.1 Å². The highest BCUT2D eigenvalue weighted by atomic mass is 35.5. The number of halogens is 3. The minimum Gasteiger partial charge on any atom is -0.333 e. The molecule has 0 radical (unpaired) electrons. The van der Waals surface area contributed by atoms with E-state index in [4.69, 9.17) is 27.7 Å². The van der Waals surface area contributed by atoms with Gasteiger partial charge in [-0.05, 0) is 54.4 Å². The normalized spacial score (nSPS) is 11.4. The van der Waals surface area contributed by atoms with Crippen LogP contribution in [0.2, 0.25) is 10.0 Å². The SMILES string of the molecule is Cc1c(-c2nc(-c3ccc(Cl)cc3)no2)sc2ncn(Cc3ccc(F)cc3Cl)c(=O)c12. The number of benzene rings is 2. The van der Waals surface area contributed by atoms with Crippen LogP contribution >= 0.6 is 34.5 Å². The summed E-state index contributed by atoms with van der Waals surface area (Å²) in [5.41, 5.74) is 1.86. The Morgan fingerprint density at radius 3 is 2.69 bits per heavy atom. The molecule has 0 saturated heterocycles. The van der Waals surface area contributed by atoms with Gasteiger partial charge >= 0.3 is 0 Å². The lowest BCUT2D eigenvalue weighted by Crippen LogP contribution is -2.21. The third-order valence-electron chi connectivity index (χ3n) is 5.00. The fraction of sp³-hybridized carbons (Fsp3) is 0.0909. The lowest BCUT2D eigenvalue weighted by atomic mass is 10.2. The van der Waals surface area contributed by atoms with Crippen molar-refractivity contribution in [2.75, 3.05) is 0 Å². The smallest absolute Gasteiger partial charge is 0.268 e. The van der Waals surface area contributed by atoms with E-state index in [1.807, 2.05) is 6.92 Å². The van der Waals surface area contributed by atoms with E-state index in [0.29, 0.717) is 43.0 Å². The van der Waals surface area contributed by atoms with E-state index in [1.165, 1.54) is 34.4 Å². The average molecular weight is 487 g/mol. The minimum absolute atomic E-state index is 0.173. The number of fused-ring (bicyclic) bond motifs is 1. The maximum atomic E-state index is 13.3. The molecular formula is C22H13Cl2FN4O2S. The van der Waals surface area contributed by atoms with Gasteiger partial charge in [0.2, 0.25) is 5.82 Å². The fourth-order valence-corrected chi connectivity index (χ4v) is 4.76. The zero-order chi connectivity index (χ0) is 22.4. The van der Waals surface area contributed by atoms with Gasteiger partial charge in [0, 0.05) is 15.6 Å². The molecule has 0 N–H and O–H groups in total. The monoisotopic (exact) mass is 486 g/mol. The highest BCUT2D eigenvalue weighted by molar-refractivity contribution is 7.22. The van der Waals surface area contributed by atoms with Gasteiger partial charge in [-0.2, -0.15) is 4.98 Å². The molecule has 5 rings (SSSR count). The molecule has 0 aliphatic heterocycles. The van der Waals surface area contributed by atoms with Crippen LogP contribution < -0.4 is 5.56 Å². The molecule has 0 saturated carbocycles. The van der Waals surface area contributed by atoms with Crippen LogP contribution in [0, 0.1) is 12.7 Å². The van der Waals surface area contributed by atoms with Crippen molar-refractivity contribution in [2.24, 2.45) is 0 Å². The molecule has 6 nitrogen and oxygen atoms in total.